The molecule has 114 valence electrons. The number of hydrogen-bond donors (Lipinski definition) is 2. The molecule has 1 aromatic heterocycles. The molecule has 2 aromatic rings. The summed E-state index contributed by atoms with van der Waals surface area (Å²) in [5, 5.41) is 5.03. The SMILES string of the molecule is CCC(C)(C)C1CCC(Nc2ccc3[nH]ccc3c2)CC1. The third-order valence-corrected chi connectivity index (χ3v) is 5.67. The molecule has 3 rings (SSSR count). The molecule has 2 N–H and O–H groups in total. The lowest BCUT2D eigenvalue weighted by molar-refractivity contribution is 0.147. The molecule has 0 unspecified atom stereocenters. The van der Waals surface area contributed by atoms with Crippen molar-refractivity contribution in [2.45, 2.75) is 58.9 Å². The van der Waals surface area contributed by atoms with Gasteiger partial charge in [-0.2, -0.15) is 0 Å². The largest absolute Gasteiger partial charge is 0.382 e. The van der Waals surface area contributed by atoms with Gasteiger partial charge in [0.1, 0.15) is 0 Å². The molecule has 0 bridgehead atoms. The van der Waals surface area contributed by atoms with Crippen molar-refractivity contribution in [3.63, 3.8) is 0 Å². The van der Waals surface area contributed by atoms with Gasteiger partial charge >= 0.3 is 0 Å². The number of fused-ring (bicyclic) bond motifs is 1. The zero-order valence-corrected chi connectivity index (χ0v) is 13.6. The van der Waals surface area contributed by atoms with Crippen LogP contribution in [0, 0.1) is 11.3 Å². The van der Waals surface area contributed by atoms with Gasteiger partial charge < -0.3 is 10.3 Å². The molecule has 1 aliphatic rings. The van der Waals surface area contributed by atoms with E-state index >= 15 is 0 Å². The van der Waals surface area contributed by atoms with Crippen LogP contribution in [0.25, 0.3) is 10.9 Å². The second-order valence-electron chi connectivity index (χ2n) is 7.31. The normalized spacial score (nSPS) is 23.4. The molecular formula is C19H28N2. The fourth-order valence-electron chi connectivity index (χ4n) is 3.69. The van der Waals surface area contributed by atoms with Crippen LogP contribution in [-0.2, 0) is 0 Å². The number of aromatic nitrogens is 1. The van der Waals surface area contributed by atoms with E-state index in [1.165, 1.54) is 48.7 Å². The van der Waals surface area contributed by atoms with Crippen LogP contribution < -0.4 is 5.32 Å². The predicted molar refractivity (Wildman–Crippen MR) is 91.7 cm³/mol. The minimum Gasteiger partial charge on any atom is -0.382 e. The maximum atomic E-state index is 3.74. The number of anilines is 1. The molecule has 2 nitrogen and oxygen atoms in total. The Morgan fingerprint density at radius 1 is 1.14 bits per heavy atom. The van der Waals surface area contributed by atoms with Crippen molar-refractivity contribution in [2.75, 3.05) is 5.32 Å². The Morgan fingerprint density at radius 3 is 2.62 bits per heavy atom. The van der Waals surface area contributed by atoms with Crippen LogP contribution in [0.1, 0.15) is 52.9 Å². The van der Waals surface area contributed by atoms with E-state index in [9.17, 15) is 0 Å². The molecule has 0 aliphatic heterocycles. The van der Waals surface area contributed by atoms with E-state index in [1.54, 1.807) is 0 Å². The molecule has 1 saturated carbocycles. The van der Waals surface area contributed by atoms with E-state index in [1.807, 2.05) is 6.20 Å². The van der Waals surface area contributed by atoms with Gasteiger partial charge in [-0.3, -0.25) is 0 Å². The maximum absolute atomic E-state index is 3.74. The van der Waals surface area contributed by atoms with Crippen LogP contribution in [0.2, 0.25) is 0 Å². The number of aromatic amines is 1. The summed E-state index contributed by atoms with van der Waals surface area (Å²) in [5.74, 6) is 0.896. The van der Waals surface area contributed by atoms with Crippen molar-refractivity contribution in [3.8, 4) is 0 Å². The second kappa shape index (κ2) is 5.75. The maximum Gasteiger partial charge on any atom is 0.0455 e. The fourth-order valence-corrected chi connectivity index (χ4v) is 3.69. The van der Waals surface area contributed by atoms with Crippen LogP contribution in [-0.4, -0.2) is 11.0 Å². The molecular weight excluding hydrogens is 256 g/mol. The number of nitrogens with one attached hydrogen (secondary N) is 2. The van der Waals surface area contributed by atoms with Crippen molar-refractivity contribution in [3.05, 3.63) is 30.5 Å². The summed E-state index contributed by atoms with van der Waals surface area (Å²) in [6, 6.07) is 9.41. The summed E-state index contributed by atoms with van der Waals surface area (Å²) < 4.78 is 0. The number of benzene rings is 1. The molecule has 1 heterocycles. The Balaban J connectivity index is 1.60. The molecule has 0 spiro atoms. The zero-order chi connectivity index (χ0) is 14.9. The lowest BCUT2D eigenvalue weighted by Gasteiger charge is -2.39. The average molecular weight is 284 g/mol. The summed E-state index contributed by atoms with van der Waals surface area (Å²) in [6.45, 7) is 7.20. The standard InChI is InChI=1S/C19H28N2/c1-4-19(2,3)15-5-7-16(8-6-15)21-17-9-10-18-14(13-17)11-12-20-18/h9-13,15-16,20-21H,4-8H2,1-3H3. The first-order valence-electron chi connectivity index (χ1n) is 8.42. The van der Waals surface area contributed by atoms with Gasteiger partial charge in [-0.05, 0) is 61.3 Å². The van der Waals surface area contributed by atoms with Gasteiger partial charge in [-0.1, -0.05) is 27.2 Å². The highest BCUT2D eigenvalue weighted by Gasteiger charge is 2.31. The van der Waals surface area contributed by atoms with Crippen LogP contribution in [0.4, 0.5) is 5.69 Å². The molecule has 0 atom stereocenters. The molecule has 1 aliphatic carbocycles. The van der Waals surface area contributed by atoms with Crippen molar-refractivity contribution in [2.24, 2.45) is 11.3 Å². The zero-order valence-electron chi connectivity index (χ0n) is 13.6. The first-order chi connectivity index (χ1) is 10.1. The highest BCUT2D eigenvalue weighted by molar-refractivity contribution is 5.83. The molecule has 0 amide bonds. The van der Waals surface area contributed by atoms with Crippen molar-refractivity contribution in [1.29, 1.82) is 0 Å². The van der Waals surface area contributed by atoms with Gasteiger partial charge in [0.15, 0.2) is 0 Å². The van der Waals surface area contributed by atoms with Crippen LogP contribution in [0.15, 0.2) is 30.5 Å². The number of hydrogen-bond acceptors (Lipinski definition) is 1. The van der Waals surface area contributed by atoms with Crippen LogP contribution >= 0.6 is 0 Å². The lowest BCUT2D eigenvalue weighted by Crippen LogP contribution is -2.32. The minimum atomic E-state index is 0.509. The van der Waals surface area contributed by atoms with Crippen molar-refractivity contribution in [1.82, 2.24) is 4.98 Å². The molecule has 0 saturated heterocycles. The van der Waals surface area contributed by atoms with Crippen LogP contribution in [0.5, 0.6) is 0 Å². The molecule has 21 heavy (non-hydrogen) atoms. The first kappa shape index (κ1) is 14.5. The molecule has 0 radical (unpaired) electrons. The molecule has 1 fully saturated rings. The van der Waals surface area contributed by atoms with Crippen molar-refractivity contribution >= 4 is 16.6 Å². The van der Waals surface area contributed by atoms with Gasteiger partial charge in [0.2, 0.25) is 0 Å². The van der Waals surface area contributed by atoms with E-state index in [2.05, 4.69) is 55.3 Å². The van der Waals surface area contributed by atoms with E-state index in [-0.39, 0.29) is 0 Å². The second-order valence-corrected chi connectivity index (χ2v) is 7.31. The predicted octanol–water partition coefficient (Wildman–Crippen LogP) is 5.57. The van der Waals surface area contributed by atoms with E-state index in [4.69, 9.17) is 0 Å². The summed E-state index contributed by atoms with van der Waals surface area (Å²) in [6.07, 6.45) is 8.64. The van der Waals surface area contributed by atoms with Gasteiger partial charge in [0, 0.05) is 28.8 Å². The average Bonchev–Trinajstić information content (AvgIpc) is 2.95. The Kier molecular flexibility index (Phi) is 3.97. The van der Waals surface area contributed by atoms with E-state index < -0.39 is 0 Å². The highest BCUT2D eigenvalue weighted by Crippen LogP contribution is 2.40. The van der Waals surface area contributed by atoms with Gasteiger partial charge in [-0.25, -0.2) is 0 Å². The topological polar surface area (TPSA) is 27.8 Å². The summed E-state index contributed by atoms with van der Waals surface area (Å²) in [7, 11) is 0. The smallest absolute Gasteiger partial charge is 0.0455 e. The monoisotopic (exact) mass is 284 g/mol. The molecule has 2 heteroatoms. The fraction of sp³-hybridized carbons (Fsp3) is 0.579. The third-order valence-electron chi connectivity index (χ3n) is 5.67. The lowest BCUT2D eigenvalue weighted by atomic mass is 9.69. The van der Waals surface area contributed by atoms with Gasteiger partial charge in [-0.15, -0.1) is 0 Å². The first-order valence-corrected chi connectivity index (χ1v) is 8.42. The Bertz CT molecular complexity index is 588. The summed E-state index contributed by atoms with van der Waals surface area (Å²) >= 11 is 0. The molecule has 1 aromatic carbocycles. The van der Waals surface area contributed by atoms with E-state index in [0.717, 1.165) is 5.92 Å². The Labute approximate surface area is 128 Å². The number of H-pyrrole nitrogens is 1. The Morgan fingerprint density at radius 2 is 1.90 bits per heavy atom. The summed E-state index contributed by atoms with van der Waals surface area (Å²) in [5.41, 5.74) is 2.99. The van der Waals surface area contributed by atoms with Crippen LogP contribution in [0.3, 0.4) is 0 Å². The Hall–Kier alpha value is -1.44. The number of rotatable bonds is 4. The minimum absolute atomic E-state index is 0.509. The quantitative estimate of drug-likeness (QED) is 0.754. The van der Waals surface area contributed by atoms with Gasteiger partial charge in [0.05, 0.1) is 0 Å². The van der Waals surface area contributed by atoms with Gasteiger partial charge in [0.25, 0.3) is 0 Å². The highest BCUT2D eigenvalue weighted by atomic mass is 14.9. The summed E-state index contributed by atoms with van der Waals surface area (Å²) in [4.78, 5) is 3.25. The third kappa shape index (κ3) is 3.09. The van der Waals surface area contributed by atoms with E-state index in [0.29, 0.717) is 11.5 Å². The van der Waals surface area contributed by atoms with Crippen molar-refractivity contribution < 1.29 is 0 Å².